The molecule has 3 aromatic rings. The van der Waals surface area contributed by atoms with Crippen LogP contribution in [0.1, 0.15) is 86.3 Å². The number of nitrogen functional groups attached to an aromatic ring is 1. The molecule has 0 aliphatic rings. The first-order valence-electron chi connectivity index (χ1n) is 15.3. The molecule has 14 heteroatoms. The summed E-state index contributed by atoms with van der Waals surface area (Å²) in [6.07, 6.45) is 3.04. The number of benzene rings is 2. The highest BCUT2D eigenvalue weighted by atomic mass is 32.2. The second-order valence-electron chi connectivity index (χ2n) is 10.9. The Labute approximate surface area is 284 Å². The van der Waals surface area contributed by atoms with Crippen LogP contribution in [0.3, 0.4) is 0 Å². The number of nitrogens with two attached hydrogens (primary N) is 1. The summed E-state index contributed by atoms with van der Waals surface area (Å²) in [5, 5.41) is 12.1. The lowest BCUT2D eigenvalue weighted by molar-refractivity contribution is -0.141. The number of carboxylic acids is 1. The van der Waals surface area contributed by atoms with Crippen molar-refractivity contribution >= 4 is 51.0 Å². The van der Waals surface area contributed by atoms with E-state index < -0.39 is 39.5 Å². The first-order valence-corrected chi connectivity index (χ1v) is 17.1. The van der Waals surface area contributed by atoms with E-state index in [9.17, 15) is 33.3 Å². The van der Waals surface area contributed by atoms with Crippen LogP contribution in [0.15, 0.2) is 59.1 Å². The van der Waals surface area contributed by atoms with Crippen LogP contribution in [0.5, 0.6) is 0 Å². The summed E-state index contributed by atoms with van der Waals surface area (Å²) in [6, 6.07) is 12.5. The van der Waals surface area contributed by atoms with Crippen LogP contribution in [-0.4, -0.2) is 69.7 Å². The maximum atomic E-state index is 13.8. The van der Waals surface area contributed by atoms with Gasteiger partial charge in [-0.15, -0.1) is 0 Å². The van der Waals surface area contributed by atoms with Gasteiger partial charge in [-0.25, -0.2) is 14.0 Å². The number of amides is 2. The Kier molecular flexibility index (Phi) is 14.0. The molecule has 0 fully saturated rings. The van der Waals surface area contributed by atoms with E-state index in [0.717, 1.165) is 0 Å². The lowest BCUT2D eigenvalue weighted by Crippen LogP contribution is -2.15. The van der Waals surface area contributed by atoms with Crippen molar-refractivity contribution in [3.05, 3.63) is 88.1 Å². The van der Waals surface area contributed by atoms with Gasteiger partial charge in [0.15, 0.2) is 0 Å². The standard InChI is InChI=1S/C35H38N4O9S/c1-23-28(12-9-13-29(23)35(44)45)34(43)38-27-11-8-10-24(20-27)16-17-25-21-26(22-37-32(25)36)33(42)39-49(46,18-6-4-14-30(40)47-2)19-7-5-15-31(41)48-3/h8-13,20-22H,4-7,14-15,18-19H2,1-3H3,(H2,36,37)(H,38,43)(H,44,45). The van der Waals surface area contributed by atoms with E-state index in [1.807, 2.05) is 0 Å². The average Bonchev–Trinajstić information content (AvgIpc) is 3.08. The van der Waals surface area contributed by atoms with Crippen LogP contribution in [0.25, 0.3) is 0 Å². The number of nitrogens with one attached hydrogen (secondary N) is 1. The minimum Gasteiger partial charge on any atom is -0.478 e. The molecule has 0 aliphatic heterocycles. The van der Waals surface area contributed by atoms with E-state index in [1.165, 1.54) is 44.7 Å². The molecule has 0 spiro atoms. The first kappa shape index (κ1) is 37.9. The number of methoxy groups -OCH3 is 2. The van der Waals surface area contributed by atoms with Crippen LogP contribution in [0.2, 0.25) is 0 Å². The molecule has 1 heterocycles. The SMILES string of the molecule is COC(=O)CCCCS(=O)(CCCCC(=O)OC)=NC(=O)c1cnc(N)c(C#Cc2cccc(NC(=O)c3cccc(C(=O)O)c3C)c2)c1. The zero-order valence-electron chi connectivity index (χ0n) is 27.4. The fraction of sp³-hybridized carbons (Fsp3) is 0.314. The van der Waals surface area contributed by atoms with Gasteiger partial charge >= 0.3 is 17.9 Å². The van der Waals surface area contributed by atoms with Crippen molar-refractivity contribution in [1.29, 1.82) is 0 Å². The molecule has 0 saturated carbocycles. The average molecular weight is 691 g/mol. The van der Waals surface area contributed by atoms with Crippen LogP contribution in [-0.2, 0) is 28.8 Å². The molecule has 0 bridgehead atoms. The van der Waals surface area contributed by atoms with Gasteiger partial charge < -0.3 is 25.6 Å². The molecular formula is C35H38N4O9S. The van der Waals surface area contributed by atoms with Crippen LogP contribution >= 0.6 is 0 Å². The molecule has 3 rings (SSSR count). The highest BCUT2D eigenvalue weighted by Crippen LogP contribution is 2.18. The van der Waals surface area contributed by atoms with Crippen molar-refractivity contribution in [3.63, 3.8) is 0 Å². The Morgan fingerprint density at radius 1 is 0.898 bits per heavy atom. The number of pyridine rings is 1. The van der Waals surface area contributed by atoms with Gasteiger partial charge in [-0.3, -0.25) is 19.2 Å². The van der Waals surface area contributed by atoms with Gasteiger partial charge in [0.2, 0.25) is 0 Å². The van der Waals surface area contributed by atoms with Gasteiger partial charge in [-0.1, -0.05) is 24.0 Å². The summed E-state index contributed by atoms with van der Waals surface area (Å²) in [6.45, 7) is 1.56. The number of carbonyl (C=O) groups excluding carboxylic acids is 4. The van der Waals surface area contributed by atoms with Crippen molar-refractivity contribution in [2.24, 2.45) is 4.36 Å². The maximum absolute atomic E-state index is 13.8. The molecular weight excluding hydrogens is 652 g/mol. The van der Waals surface area contributed by atoms with Gasteiger partial charge in [0.25, 0.3) is 11.8 Å². The van der Waals surface area contributed by atoms with Gasteiger partial charge in [0, 0.05) is 47.4 Å². The Bertz CT molecular complexity index is 1890. The molecule has 258 valence electrons. The molecule has 2 amide bonds. The van der Waals surface area contributed by atoms with Crippen LogP contribution in [0.4, 0.5) is 11.5 Å². The highest BCUT2D eigenvalue weighted by molar-refractivity contribution is 7.93. The molecule has 49 heavy (non-hydrogen) atoms. The van der Waals surface area contributed by atoms with E-state index in [-0.39, 0.29) is 52.4 Å². The molecule has 0 atom stereocenters. The molecule has 0 radical (unpaired) electrons. The number of esters is 2. The van der Waals surface area contributed by atoms with E-state index in [4.69, 9.17) is 5.73 Å². The third-order valence-electron chi connectivity index (χ3n) is 7.33. The van der Waals surface area contributed by atoms with E-state index in [0.29, 0.717) is 42.5 Å². The lowest BCUT2D eigenvalue weighted by atomic mass is 10.0. The van der Waals surface area contributed by atoms with Gasteiger partial charge in [0.05, 0.1) is 40.6 Å². The number of aromatic nitrogens is 1. The number of unbranched alkanes of at least 4 members (excludes halogenated alkanes) is 2. The fourth-order valence-electron chi connectivity index (χ4n) is 4.61. The topological polar surface area (TPSA) is 204 Å². The van der Waals surface area contributed by atoms with Crippen LogP contribution in [0, 0.1) is 18.8 Å². The monoisotopic (exact) mass is 690 g/mol. The predicted octanol–water partition coefficient (Wildman–Crippen LogP) is 4.62. The van der Waals surface area contributed by atoms with Crippen LogP contribution < -0.4 is 11.1 Å². The maximum Gasteiger partial charge on any atom is 0.335 e. The van der Waals surface area contributed by atoms with Crippen molar-refractivity contribution in [2.75, 3.05) is 36.8 Å². The van der Waals surface area contributed by atoms with E-state index >= 15 is 0 Å². The number of carboxylic acid groups (broad SMARTS) is 1. The smallest absolute Gasteiger partial charge is 0.335 e. The Morgan fingerprint density at radius 3 is 2.12 bits per heavy atom. The zero-order valence-corrected chi connectivity index (χ0v) is 28.3. The largest absolute Gasteiger partial charge is 0.478 e. The van der Waals surface area contributed by atoms with Crippen molar-refractivity contribution < 1.29 is 42.8 Å². The molecule has 2 aromatic carbocycles. The highest BCUT2D eigenvalue weighted by Gasteiger charge is 2.17. The minimum atomic E-state index is -3.06. The summed E-state index contributed by atoms with van der Waals surface area (Å²) in [4.78, 5) is 64.6. The van der Waals surface area contributed by atoms with E-state index in [1.54, 1.807) is 31.2 Å². The lowest BCUT2D eigenvalue weighted by Gasteiger charge is -2.10. The fourth-order valence-corrected chi connectivity index (χ4v) is 6.72. The third-order valence-corrected chi connectivity index (χ3v) is 9.68. The third kappa shape index (κ3) is 11.6. The Balaban J connectivity index is 1.80. The second-order valence-corrected chi connectivity index (χ2v) is 13.4. The summed E-state index contributed by atoms with van der Waals surface area (Å²) >= 11 is 0. The molecule has 13 nitrogen and oxygen atoms in total. The number of rotatable bonds is 14. The Morgan fingerprint density at radius 2 is 1.51 bits per heavy atom. The number of hydrogen-bond acceptors (Lipinski definition) is 10. The summed E-state index contributed by atoms with van der Waals surface area (Å²) in [5.74, 6) is 2.81. The van der Waals surface area contributed by atoms with Gasteiger partial charge in [-0.05, 0) is 74.6 Å². The summed E-state index contributed by atoms with van der Waals surface area (Å²) in [7, 11) is -0.490. The number of nitrogens with zero attached hydrogens (tertiary/aromatic N) is 2. The molecule has 0 saturated heterocycles. The number of ether oxygens (including phenoxy) is 2. The molecule has 0 unspecified atom stereocenters. The molecule has 4 N–H and O–H groups in total. The summed E-state index contributed by atoms with van der Waals surface area (Å²) < 4.78 is 27.1. The number of hydrogen-bond donors (Lipinski definition) is 3. The van der Waals surface area contributed by atoms with E-state index in [2.05, 4.69) is 36.0 Å². The first-order chi connectivity index (χ1) is 23.4. The van der Waals surface area contributed by atoms with Gasteiger partial charge in [-0.2, -0.15) is 4.36 Å². The van der Waals surface area contributed by atoms with Crippen molar-refractivity contribution in [3.8, 4) is 11.8 Å². The Hall–Kier alpha value is -5.55. The number of anilines is 2. The molecule has 1 aromatic heterocycles. The second kappa shape index (κ2) is 18.1. The normalized spacial score (nSPS) is 10.7. The molecule has 0 aliphatic carbocycles. The van der Waals surface area contributed by atoms with Gasteiger partial charge in [0.1, 0.15) is 5.82 Å². The number of aromatic carboxylic acids is 1. The quantitative estimate of drug-likeness (QED) is 0.121. The zero-order chi connectivity index (χ0) is 36.0. The minimum absolute atomic E-state index is 0.0234. The summed E-state index contributed by atoms with van der Waals surface area (Å²) in [5.41, 5.74) is 7.77. The van der Waals surface area contributed by atoms with Crippen molar-refractivity contribution in [2.45, 2.75) is 45.4 Å². The van der Waals surface area contributed by atoms with Crippen molar-refractivity contribution in [1.82, 2.24) is 4.98 Å². The number of carbonyl (C=O) groups is 5. The predicted molar refractivity (Wildman–Crippen MR) is 184 cm³/mol.